The highest BCUT2D eigenvalue weighted by atomic mass is 16.5. The Balaban J connectivity index is 2.39. The van der Waals surface area contributed by atoms with Crippen molar-refractivity contribution in [3.05, 3.63) is 35.4 Å². The topological polar surface area (TPSA) is 104 Å². The number of hydrogen-bond donors (Lipinski definition) is 3. The van der Waals surface area contributed by atoms with Gasteiger partial charge in [-0.3, -0.25) is 4.79 Å². The average Bonchev–Trinajstić information content (AvgIpc) is 3.26. The number of benzene rings is 1. The minimum atomic E-state index is -1.74. The predicted octanol–water partition coefficient (Wildman–Crippen LogP) is 0.370. The number of carbonyl (C=O) groups is 2. The van der Waals surface area contributed by atoms with Crippen LogP contribution in [0.25, 0.3) is 0 Å². The summed E-state index contributed by atoms with van der Waals surface area (Å²) in [5.41, 5.74) is -0.346. The zero-order valence-electron chi connectivity index (χ0n) is 10.9. The van der Waals surface area contributed by atoms with Crippen LogP contribution in [0.4, 0.5) is 0 Å². The highest BCUT2D eigenvalue weighted by Crippen LogP contribution is 2.50. The van der Waals surface area contributed by atoms with E-state index >= 15 is 0 Å². The van der Waals surface area contributed by atoms with E-state index in [1.807, 2.05) is 0 Å². The first-order valence-corrected chi connectivity index (χ1v) is 6.21. The number of carbonyl (C=O) groups excluding carboxylic acids is 1. The molecular weight excluding hydrogens is 264 g/mol. The Labute approximate surface area is 115 Å². The Kier molecular flexibility index (Phi) is 3.78. The molecule has 1 aliphatic rings. The fourth-order valence-electron chi connectivity index (χ4n) is 2.33. The summed E-state index contributed by atoms with van der Waals surface area (Å²) in [4.78, 5) is 22.7. The quantitative estimate of drug-likeness (QED) is 0.673. The summed E-state index contributed by atoms with van der Waals surface area (Å²) in [7, 11) is 1.10. The molecule has 1 aliphatic carbocycles. The van der Waals surface area contributed by atoms with Gasteiger partial charge >= 0.3 is 11.9 Å². The van der Waals surface area contributed by atoms with Crippen LogP contribution in [-0.2, 0) is 19.7 Å². The third kappa shape index (κ3) is 2.28. The number of aliphatic carboxylic acids is 1. The van der Waals surface area contributed by atoms with Gasteiger partial charge in [-0.15, -0.1) is 0 Å². The zero-order valence-corrected chi connectivity index (χ0v) is 10.9. The Bertz CT molecular complexity index is 534. The minimum absolute atomic E-state index is 0.241. The zero-order chi connectivity index (χ0) is 14.9. The molecule has 0 aliphatic heterocycles. The Morgan fingerprint density at radius 2 is 1.85 bits per heavy atom. The van der Waals surface area contributed by atoms with Gasteiger partial charge < -0.3 is 20.1 Å². The molecule has 1 fully saturated rings. The van der Waals surface area contributed by atoms with Crippen molar-refractivity contribution < 1.29 is 29.6 Å². The number of ether oxygens (including phenoxy) is 1. The van der Waals surface area contributed by atoms with E-state index in [4.69, 9.17) is 0 Å². The van der Waals surface area contributed by atoms with Gasteiger partial charge in [0.25, 0.3) is 0 Å². The van der Waals surface area contributed by atoms with Crippen molar-refractivity contribution in [1.82, 2.24) is 0 Å². The molecule has 0 radical (unpaired) electrons. The van der Waals surface area contributed by atoms with Gasteiger partial charge in [0.15, 0.2) is 6.10 Å². The fourth-order valence-corrected chi connectivity index (χ4v) is 2.33. The minimum Gasteiger partial charge on any atom is -0.481 e. The van der Waals surface area contributed by atoms with Crippen LogP contribution in [0.5, 0.6) is 0 Å². The maximum Gasteiger partial charge on any atom is 0.337 e. The number of methoxy groups -OCH3 is 1. The largest absolute Gasteiger partial charge is 0.481 e. The molecule has 0 bridgehead atoms. The standard InChI is InChI=1S/C14H16O6/c1-20-12(17)11(16)10(15)8-4-2-3-5-9(8)14(6-7-14)13(18)19/h2-5,10-11,15-16H,6-7H2,1H3,(H,18,19). The second-order valence-electron chi connectivity index (χ2n) is 4.89. The van der Waals surface area contributed by atoms with Gasteiger partial charge in [0, 0.05) is 0 Å². The summed E-state index contributed by atoms with van der Waals surface area (Å²) in [6.45, 7) is 0. The van der Waals surface area contributed by atoms with Crippen LogP contribution in [-0.4, -0.2) is 40.5 Å². The number of esters is 1. The van der Waals surface area contributed by atoms with Crippen LogP contribution < -0.4 is 0 Å². The molecule has 0 amide bonds. The van der Waals surface area contributed by atoms with Crippen LogP contribution in [0, 0.1) is 0 Å². The van der Waals surface area contributed by atoms with Crippen molar-refractivity contribution in [1.29, 1.82) is 0 Å². The van der Waals surface area contributed by atoms with Gasteiger partial charge in [-0.05, 0) is 24.0 Å². The Hall–Kier alpha value is -1.92. The predicted molar refractivity (Wildman–Crippen MR) is 68.0 cm³/mol. The lowest BCUT2D eigenvalue weighted by molar-refractivity contribution is -0.156. The first-order chi connectivity index (χ1) is 9.44. The normalized spacial score (nSPS) is 18.9. The highest BCUT2D eigenvalue weighted by Gasteiger charge is 2.53. The van der Waals surface area contributed by atoms with Crippen molar-refractivity contribution in [2.24, 2.45) is 0 Å². The lowest BCUT2D eigenvalue weighted by atomic mass is 9.87. The molecule has 2 unspecified atom stereocenters. The van der Waals surface area contributed by atoms with Crippen molar-refractivity contribution in [2.45, 2.75) is 30.5 Å². The van der Waals surface area contributed by atoms with E-state index in [0.717, 1.165) is 7.11 Å². The van der Waals surface area contributed by atoms with Crippen LogP contribution in [0.3, 0.4) is 0 Å². The van der Waals surface area contributed by atoms with Gasteiger partial charge in [0.2, 0.25) is 0 Å². The summed E-state index contributed by atoms with van der Waals surface area (Å²) in [6.07, 6.45) is -2.32. The summed E-state index contributed by atoms with van der Waals surface area (Å²) in [5.74, 6) is -1.93. The third-order valence-corrected chi connectivity index (χ3v) is 3.70. The van der Waals surface area contributed by atoms with Gasteiger partial charge in [-0.2, -0.15) is 0 Å². The first-order valence-electron chi connectivity index (χ1n) is 6.21. The molecule has 2 atom stereocenters. The average molecular weight is 280 g/mol. The molecule has 6 heteroatoms. The van der Waals surface area contributed by atoms with E-state index in [0.29, 0.717) is 18.4 Å². The third-order valence-electron chi connectivity index (χ3n) is 3.70. The van der Waals surface area contributed by atoms with Crippen molar-refractivity contribution in [3.63, 3.8) is 0 Å². The Morgan fingerprint density at radius 1 is 1.25 bits per heavy atom. The molecule has 1 aromatic rings. The van der Waals surface area contributed by atoms with Crippen molar-refractivity contribution >= 4 is 11.9 Å². The monoisotopic (exact) mass is 280 g/mol. The number of rotatable bonds is 5. The number of carboxylic acid groups (broad SMARTS) is 1. The van der Waals surface area contributed by atoms with Gasteiger partial charge in [-0.25, -0.2) is 4.79 Å². The fraction of sp³-hybridized carbons (Fsp3) is 0.429. The number of carboxylic acids is 1. The molecule has 108 valence electrons. The lowest BCUT2D eigenvalue weighted by Gasteiger charge is -2.22. The summed E-state index contributed by atoms with van der Waals surface area (Å²) < 4.78 is 4.38. The summed E-state index contributed by atoms with van der Waals surface area (Å²) in [5, 5.41) is 29.1. The maximum absolute atomic E-state index is 11.4. The summed E-state index contributed by atoms with van der Waals surface area (Å²) >= 11 is 0. The van der Waals surface area contributed by atoms with E-state index < -0.39 is 29.6 Å². The lowest BCUT2D eigenvalue weighted by Crippen LogP contribution is -2.31. The Morgan fingerprint density at radius 3 is 2.35 bits per heavy atom. The van der Waals surface area contributed by atoms with E-state index in [1.54, 1.807) is 18.2 Å². The molecule has 0 saturated heterocycles. The van der Waals surface area contributed by atoms with Crippen LogP contribution in [0.1, 0.15) is 30.1 Å². The van der Waals surface area contributed by atoms with Crippen molar-refractivity contribution in [3.8, 4) is 0 Å². The first kappa shape index (κ1) is 14.5. The van der Waals surface area contributed by atoms with E-state index in [2.05, 4.69) is 4.74 Å². The van der Waals surface area contributed by atoms with Gasteiger partial charge in [0.1, 0.15) is 6.10 Å². The molecular formula is C14H16O6. The number of aliphatic hydroxyl groups is 2. The molecule has 1 aromatic carbocycles. The van der Waals surface area contributed by atoms with Crippen LogP contribution in [0.2, 0.25) is 0 Å². The second-order valence-corrected chi connectivity index (χ2v) is 4.89. The highest BCUT2D eigenvalue weighted by molar-refractivity contribution is 5.85. The molecule has 2 rings (SSSR count). The molecule has 6 nitrogen and oxygen atoms in total. The van der Waals surface area contributed by atoms with E-state index in [9.17, 15) is 24.9 Å². The van der Waals surface area contributed by atoms with Crippen molar-refractivity contribution in [2.75, 3.05) is 7.11 Å². The number of hydrogen-bond acceptors (Lipinski definition) is 5. The van der Waals surface area contributed by atoms with E-state index in [1.165, 1.54) is 6.07 Å². The molecule has 20 heavy (non-hydrogen) atoms. The SMILES string of the molecule is COC(=O)C(O)C(O)c1ccccc1C1(C(=O)O)CC1. The molecule has 0 aromatic heterocycles. The molecule has 3 N–H and O–H groups in total. The smallest absolute Gasteiger partial charge is 0.337 e. The molecule has 1 saturated carbocycles. The summed E-state index contributed by atoms with van der Waals surface area (Å²) in [6, 6.07) is 6.39. The van der Waals surface area contributed by atoms with Crippen LogP contribution in [0.15, 0.2) is 24.3 Å². The van der Waals surface area contributed by atoms with Gasteiger partial charge in [0.05, 0.1) is 12.5 Å². The molecule has 0 heterocycles. The number of aliphatic hydroxyl groups excluding tert-OH is 2. The van der Waals surface area contributed by atoms with E-state index in [-0.39, 0.29) is 5.56 Å². The maximum atomic E-state index is 11.4. The van der Waals surface area contributed by atoms with Gasteiger partial charge in [-0.1, -0.05) is 24.3 Å². The second kappa shape index (κ2) is 5.22. The van der Waals surface area contributed by atoms with Crippen LogP contribution >= 0.6 is 0 Å². The molecule has 0 spiro atoms.